The van der Waals surface area contributed by atoms with Gasteiger partial charge in [-0.05, 0) is 81.9 Å². The molecule has 4 aromatic heterocycles. The van der Waals surface area contributed by atoms with Gasteiger partial charge in [0.05, 0.1) is 22.9 Å². The lowest BCUT2D eigenvalue weighted by molar-refractivity contribution is -0.122. The average Bonchev–Trinajstić information content (AvgIpc) is 3.26. The Morgan fingerprint density at radius 3 is 2.75 bits per heavy atom. The zero-order valence-corrected chi connectivity index (χ0v) is 21.1. The Labute approximate surface area is 210 Å². The molecule has 1 atom stereocenters. The van der Waals surface area contributed by atoms with Gasteiger partial charge in [-0.2, -0.15) is 5.10 Å². The van der Waals surface area contributed by atoms with E-state index >= 15 is 0 Å². The average molecular weight is 479 g/mol. The summed E-state index contributed by atoms with van der Waals surface area (Å²) in [4.78, 5) is 23.7. The first kappa shape index (κ1) is 23.6. The van der Waals surface area contributed by atoms with E-state index in [1.165, 1.54) is 0 Å². The van der Waals surface area contributed by atoms with Gasteiger partial charge < -0.3 is 5.32 Å². The fourth-order valence-corrected chi connectivity index (χ4v) is 4.38. The number of nitrogens with zero attached hydrogens (tertiary/aromatic N) is 5. The molecule has 1 aromatic carbocycles. The second-order valence-electron chi connectivity index (χ2n) is 9.34. The summed E-state index contributed by atoms with van der Waals surface area (Å²) in [7, 11) is 3.89. The van der Waals surface area contributed by atoms with Crippen LogP contribution in [0.1, 0.15) is 24.6 Å². The lowest BCUT2D eigenvalue weighted by Gasteiger charge is -2.20. The van der Waals surface area contributed by atoms with Gasteiger partial charge in [-0.15, -0.1) is 0 Å². The van der Waals surface area contributed by atoms with Gasteiger partial charge in [-0.1, -0.05) is 24.3 Å². The lowest BCUT2D eigenvalue weighted by Crippen LogP contribution is -2.42. The van der Waals surface area contributed by atoms with Gasteiger partial charge in [0.25, 0.3) is 0 Å². The predicted molar refractivity (Wildman–Crippen MR) is 144 cm³/mol. The molecule has 1 N–H and O–H groups in total. The number of carbonyl (C=O) groups excluding carboxylic acids is 1. The molecule has 36 heavy (non-hydrogen) atoms. The molecule has 0 radical (unpaired) electrons. The van der Waals surface area contributed by atoms with Crippen LogP contribution in [0.25, 0.3) is 38.9 Å². The highest BCUT2D eigenvalue weighted by molar-refractivity contribution is 6.03. The number of hydrogen-bond donors (Lipinski definition) is 1. The first-order valence-electron chi connectivity index (χ1n) is 12.2. The Hall–Kier alpha value is -4.10. The van der Waals surface area contributed by atoms with E-state index in [9.17, 15) is 4.79 Å². The third-order valence-corrected chi connectivity index (χ3v) is 6.53. The van der Waals surface area contributed by atoms with Crippen LogP contribution in [-0.4, -0.2) is 50.7 Å². The standard InChI is InChI=1S/C29H30N6O/c1-19-8-7-9-24(31-19)29-28(26-10-5-6-17-35(26)33-29)23-15-16-30-25-18-21(11-13-22(23)25)12-14-27(36)32-20(2)34(3)4/h5-11,13,15-18,20H,12,14H2,1-4H3,(H,32,36). The third kappa shape index (κ3) is 4.70. The third-order valence-electron chi connectivity index (χ3n) is 6.53. The van der Waals surface area contributed by atoms with Crippen LogP contribution in [0.15, 0.2) is 73.1 Å². The Morgan fingerprint density at radius 2 is 1.94 bits per heavy atom. The van der Waals surface area contributed by atoms with Crippen LogP contribution in [0.4, 0.5) is 0 Å². The maximum atomic E-state index is 12.4. The molecule has 5 rings (SSSR count). The van der Waals surface area contributed by atoms with E-state index in [2.05, 4.69) is 34.6 Å². The summed E-state index contributed by atoms with van der Waals surface area (Å²) in [5.74, 6) is 0.0413. The number of amides is 1. The Morgan fingerprint density at radius 1 is 1.08 bits per heavy atom. The fourth-order valence-electron chi connectivity index (χ4n) is 4.38. The van der Waals surface area contributed by atoms with Crippen LogP contribution in [0.5, 0.6) is 0 Å². The van der Waals surface area contributed by atoms with Gasteiger partial charge in [-0.25, -0.2) is 4.52 Å². The predicted octanol–water partition coefficient (Wildman–Crippen LogP) is 4.88. The fraction of sp³-hybridized carbons (Fsp3) is 0.241. The Bertz CT molecular complexity index is 1550. The van der Waals surface area contributed by atoms with Crippen molar-refractivity contribution in [3.63, 3.8) is 0 Å². The molecule has 182 valence electrons. The zero-order valence-electron chi connectivity index (χ0n) is 21.1. The largest absolute Gasteiger partial charge is 0.341 e. The molecule has 7 nitrogen and oxygen atoms in total. The molecule has 0 saturated heterocycles. The number of aromatic nitrogens is 4. The zero-order chi connectivity index (χ0) is 25.2. The van der Waals surface area contributed by atoms with Crippen molar-refractivity contribution in [3.05, 3.63) is 84.3 Å². The van der Waals surface area contributed by atoms with E-state index in [0.29, 0.717) is 12.8 Å². The molecule has 4 heterocycles. The Kier molecular flexibility index (Phi) is 6.48. The minimum absolute atomic E-state index is 0.00117. The number of fused-ring (bicyclic) bond motifs is 2. The second kappa shape index (κ2) is 9.87. The molecule has 0 spiro atoms. The van der Waals surface area contributed by atoms with Crippen LogP contribution in [0.3, 0.4) is 0 Å². The molecule has 0 aliphatic heterocycles. The maximum Gasteiger partial charge on any atom is 0.221 e. The molecule has 0 aliphatic carbocycles. The van der Waals surface area contributed by atoms with Crippen molar-refractivity contribution in [2.75, 3.05) is 14.1 Å². The van der Waals surface area contributed by atoms with Crippen molar-refractivity contribution in [2.24, 2.45) is 0 Å². The van der Waals surface area contributed by atoms with Crippen LogP contribution in [0.2, 0.25) is 0 Å². The molecule has 7 heteroatoms. The minimum atomic E-state index is 0.00117. The van der Waals surface area contributed by atoms with Crippen LogP contribution < -0.4 is 5.32 Å². The summed E-state index contributed by atoms with van der Waals surface area (Å²) >= 11 is 0. The number of nitrogens with one attached hydrogen (secondary N) is 1. The highest BCUT2D eigenvalue weighted by atomic mass is 16.1. The summed E-state index contributed by atoms with van der Waals surface area (Å²) in [5, 5.41) is 8.95. The van der Waals surface area contributed by atoms with Gasteiger partial charge in [0.1, 0.15) is 5.69 Å². The van der Waals surface area contributed by atoms with Crippen molar-refractivity contribution in [1.29, 1.82) is 0 Å². The van der Waals surface area contributed by atoms with Crippen molar-refractivity contribution in [2.45, 2.75) is 32.9 Å². The first-order chi connectivity index (χ1) is 17.4. The van der Waals surface area contributed by atoms with Gasteiger partial charge in [0.15, 0.2) is 0 Å². The summed E-state index contributed by atoms with van der Waals surface area (Å²) < 4.78 is 1.91. The van der Waals surface area contributed by atoms with E-state index in [1.807, 2.05) is 86.2 Å². The number of benzene rings is 1. The van der Waals surface area contributed by atoms with E-state index < -0.39 is 0 Å². The van der Waals surface area contributed by atoms with Crippen molar-refractivity contribution < 1.29 is 4.79 Å². The summed E-state index contributed by atoms with van der Waals surface area (Å²) in [6.07, 6.45) is 4.89. The summed E-state index contributed by atoms with van der Waals surface area (Å²) in [6, 6.07) is 20.4. The summed E-state index contributed by atoms with van der Waals surface area (Å²) in [5.41, 5.74) is 7.71. The lowest BCUT2D eigenvalue weighted by atomic mass is 9.97. The molecule has 1 amide bonds. The van der Waals surface area contributed by atoms with Crippen molar-refractivity contribution >= 4 is 22.3 Å². The smallest absolute Gasteiger partial charge is 0.221 e. The van der Waals surface area contributed by atoms with Gasteiger partial charge in [0.2, 0.25) is 5.91 Å². The van der Waals surface area contributed by atoms with Crippen LogP contribution in [-0.2, 0) is 11.2 Å². The Balaban J connectivity index is 1.53. The van der Waals surface area contributed by atoms with E-state index in [1.54, 1.807) is 0 Å². The van der Waals surface area contributed by atoms with Gasteiger partial charge in [-0.3, -0.25) is 19.7 Å². The number of hydrogen-bond acceptors (Lipinski definition) is 5. The summed E-state index contributed by atoms with van der Waals surface area (Å²) in [6.45, 7) is 3.96. The topological polar surface area (TPSA) is 75.4 Å². The highest BCUT2D eigenvalue weighted by Crippen LogP contribution is 2.38. The van der Waals surface area contributed by atoms with Gasteiger partial charge in [0, 0.05) is 35.5 Å². The first-order valence-corrected chi connectivity index (χ1v) is 12.2. The number of pyridine rings is 3. The van der Waals surface area contributed by atoms with Crippen molar-refractivity contribution in [1.82, 2.24) is 29.8 Å². The van der Waals surface area contributed by atoms with Gasteiger partial charge >= 0.3 is 0 Å². The molecule has 0 saturated carbocycles. The monoisotopic (exact) mass is 478 g/mol. The van der Waals surface area contributed by atoms with Crippen LogP contribution >= 0.6 is 0 Å². The molecule has 0 bridgehead atoms. The van der Waals surface area contributed by atoms with Crippen molar-refractivity contribution in [3.8, 4) is 22.5 Å². The molecule has 5 aromatic rings. The molecule has 0 fully saturated rings. The van der Waals surface area contributed by atoms with Crippen LogP contribution in [0, 0.1) is 6.92 Å². The number of rotatable bonds is 7. The molecule has 1 unspecified atom stereocenters. The normalized spacial score (nSPS) is 12.4. The minimum Gasteiger partial charge on any atom is -0.341 e. The second-order valence-corrected chi connectivity index (χ2v) is 9.34. The molecular formula is C29H30N6O. The van der Waals surface area contributed by atoms with E-state index in [-0.39, 0.29) is 12.1 Å². The SMILES string of the molecule is Cc1cccc(-c2nn3ccccc3c2-c2ccnc3cc(CCC(=O)NC(C)N(C)C)ccc23)n1. The number of aryl methyl sites for hydroxylation is 2. The highest BCUT2D eigenvalue weighted by Gasteiger charge is 2.19. The number of carbonyl (C=O) groups is 1. The molecular weight excluding hydrogens is 448 g/mol. The van der Waals surface area contributed by atoms with E-state index in [0.717, 1.165) is 50.2 Å². The maximum absolute atomic E-state index is 12.4. The molecule has 0 aliphatic rings. The van der Waals surface area contributed by atoms with E-state index in [4.69, 9.17) is 10.1 Å². The quantitative estimate of drug-likeness (QED) is 0.338.